The van der Waals surface area contributed by atoms with Gasteiger partial charge in [0.25, 0.3) is 5.91 Å². The highest BCUT2D eigenvalue weighted by molar-refractivity contribution is 5.96. The molecule has 5 rings (SSSR count). The second kappa shape index (κ2) is 9.61. The number of piperidine rings is 1. The van der Waals surface area contributed by atoms with E-state index >= 15 is 0 Å². The van der Waals surface area contributed by atoms with Crippen molar-refractivity contribution in [2.75, 3.05) is 19.6 Å². The molecule has 2 aliphatic heterocycles. The lowest BCUT2D eigenvalue weighted by atomic mass is 10.0. The summed E-state index contributed by atoms with van der Waals surface area (Å²) in [5, 5.41) is 0. The van der Waals surface area contributed by atoms with Crippen molar-refractivity contribution in [3.05, 3.63) is 83.7 Å². The Bertz CT molecular complexity index is 1060. The van der Waals surface area contributed by atoms with Crippen LogP contribution in [0.5, 0.6) is 0 Å². The fourth-order valence-corrected chi connectivity index (χ4v) is 4.98. The number of amides is 1. The summed E-state index contributed by atoms with van der Waals surface area (Å²) in [5.41, 5.74) is 3.90. The van der Waals surface area contributed by atoms with E-state index in [1.54, 1.807) is 0 Å². The Morgan fingerprint density at radius 3 is 2.50 bits per heavy atom. The zero-order chi connectivity index (χ0) is 21.8. The molecule has 2 aliphatic rings. The van der Waals surface area contributed by atoms with Crippen molar-refractivity contribution in [1.29, 1.82) is 0 Å². The van der Waals surface area contributed by atoms with Gasteiger partial charge in [0.1, 0.15) is 0 Å². The van der Waals surface area contributed by atoms with Gasteiger partial charge in [-0.15, -0.1) is 0 Å². The fraction of sp³-hybridized carbons (Fsp3) is 0.370. The van der Waals surface area contributed by atoms with Crippen molar-refractivity contribution >= 4 is 5.91 Å². The van der Waals surface area contributed by atoms with Gasteiger partial charge in [-0.25, -0.2) is 9.97 Å². The topological polar surface area (TPSA) is 49.3 Å². The normalized spacial score (nSPS) is 19.2. The van der Waals surface area contributed by atoms with E-state index < -0.39 is 0 Å². The summed E-state index contributed by atoms with van der Waals surface area (Å²) in [6.07, 6.45) is 7.57. The lowest BCUT2D eigenvalue weighted by Crippen LogP contribution is -2.33. The molecule has 1 aromatic heterocycles. The van der Waals surface area contributed by atoms with E-state index in [9.17, 15) is 4.79 Å². The number of aromatic nitrogens is 2. The van der Waals surface area contributed by atoms with Gasteiger partial charge in [-0.05, 0) is 56.5 Å². The van der Waals surface area contributed by atoms with Gasteiger partial charge in [0.05, 0.1) is 11.7 Å². The maximum Gasteiger partial charge on any atom is 0.254 e. The van der Waals surface area contributed by atoms with Gasteiger partial charge in [0.15, 0.2) is 5.82 Å². The Morgan fingerprint density at radius 2 is 1.66 bits per heavy atom. The monoisotopic (exact) mass is 426 g/mol. The second-order valence-corrected chi connectivity index (χ2v) is 8.82. The molecule has 0 aliphatic carbocycles. The average Bonchev–Trinajstić information content (AvgIpc) is 3.35. The number of likely N-dealkylation sites (tertiary alicyclic amines) is 2. The van der Waals surface area contributed by atoms with Crippen molar-refractivity contribution < 1.29 is 4.79 Å². The highest BCUT2D eigenvalue weighted by Gasteiger charge is 2.32. The standard InChI is InChI=1S/C27H30N4O/c32-27(23-13-6-5-12-22(23)20-30-17-7-2-8-18-30)31-19-9-14-25(31)24-15-16-28-26(29-24)21-10-3-1-4-11-21/h1,3-6,10-13,15-16,25H,2,7-9,14,17-20H2. The van der Waals surface area contributed by atoms with Gasteiger partial charge in [-0.3, -0.25) is 9.69 Å². The number of hydrogen-bond acceptors (Lipinski definition) is 4. The molecule has 3 aromatic rings. The lowest BCUT2D eigenvalue weighted by Gasteiger charge is -2.29. The minimum atomic E-state index is -0.00370. The predicted octanol–water partition coefficient (Wildman–Crippen LogP) is 5.11. The molecule has 1 unspecified atom stereocenters. The molecule has 0 N–H and O–H groups in total. The van der Waals surface area contributed by atoms with Crippen molar-refractivity contribution in [1.82, 2.24) is 19.8 Å². The maximum absolute atomic E-state index is 13.7. The fourth-order valence-electron chi connectivity index (χ4n) is 4.98. The van der Waals surface area contributed by atoms with E-state index in [4.69, 9.17) is 4.98 Å². The SMILES string of the molecule is O=C(c1ccccc1CN1CCCCC1)N1CCCC1c1ccnc(-c2ccccc2)n1. The first-order valence-corrected chi connectivity index (χ1v) is 11.8. The number of nitrogens with zero attached hydrogens (tertiary/aromatic N) is 4. The average molecular weight is 427 g/mol. The summed E-state index contributed by atoms with van der Waals surface area (Å²) >= 11 is 0. The van der Waals surface area contributed by atoms with Crippen LogP contribution >= 0.6 is 0 Å². The quantitative estimate of drug-likeness (QED) is 0.569. The van der Waals surface area contributed by atoms with Crippen LogP contribution in [0.15, 0.2) is 66.9 Å². The molecule has 5 heteroatoms. The smallest absolute Gasteiger partial charge is 0.254 e. The molecule has 32 heavy (non-hydrogen) atoms. The molecule has 1 atom stereocenters. The third kappa shape index (κ3) is 4.44. The Kier molecular flexibility index (Phi) is 6.26. The molecule has 0 radical (unpaired) electrons. The Labute approximate surface area is 190 Å². The third-order valence-electron chi connectivity index (χ3n) is 6.65. The van der Waals surface area contributed by atoms with E-state index in [1.165, 1.54) is 19.3 Å². The highest BCUT2D eigenvalue weighted by Crippen LogP contribution is 2.33. The van der Waals surface area contributed by atoms with Gasteiger partial charge in [0, 0.05) is 30.4 Å². The van der Waals surface area contributed by atoms with Crippen LogP contribution in [0.1, 0.15) is 59.8 Å². The van der Waals surface area contributed by atoms with Crippen LogP contribution in [-0.2, 0) is 6.54 Å². The first-order valence-electron chi connectivity index (χ1n) is 11.8. The van der Waals surface area contributed by atoms with E-state index in [0.717, 1.165) is 61.4 Å². The van der Waals surface area contributed by atoms with Crippen LogP contribution in [0.3, 0.4) is 0 Å². The molecule has 2 aromatic carbocycles. The lowest BCUT2D eigenvalue weighted by molar-refractivity contribution is 0.0730. The van der Waals surface area contributed by atoms with Gasteiger partial charge >= 0.3 is 0 Å². The molecule has 164 valence electrons. The minimum Gasteiger partial charge on any atom is -0.330 e. The van der Waals surface area contributed by atoms with Crippen LogP contribution in [0, 0.1) is 0 Å². The molecule has 0 spiro atoms. The van der Waals surface area contributed by atoms with Gasteiger partial charge in [-0.1, -0.05) is 55.0 Å². The molecule has 1 amide bonds. The summed E-state index contributed by atoms with van der Waals surface area (Å²) in [5.74, 6) is 0.841. The van der Waals surface area contributed by atoms with E-state index in [-0.39, 0.29) is 11.9 Å². The molecule has 0 saturated carbocycles. The maximum atomic E-state index is 13.7. The van der Waals surface area contributed by atoms with Crippen molar-refractivity contribution in [3.8, 4) is 11.4 Å². The Balaban J connectivity index is 1.39. The van der Waals surface area contributed by atoms with E-state index in [0.29, 0.717) is 5.82 Å². The van der Waals surface area contributed by atoms with Crippen molar-refractivity contribution in [3.63, 3.8) is 0 Å². The van der Waals surface area contributed by atoms with Crippen molar-refractivity contribution in [2.24, 2.45) is 0 Å². The van der Waals surface area contributed by atoms with Crippen LogP contribution < -0.4 is 0 Å². The summed E-state index contributed by atoms with van der Waals surface area (Å²) in [6.45, 7) is 3.87. The first kappa shape index (κ1) is 20.8. The minimum absolute atomic E-state index is 0.00370. The molecule has 0 bridgehead atoms. The zero-order valence-corrected chi connectivity index (χ0v) is 18.5. The summed E-state index contributed by atoms with van der Waals surface area (Å²) < 4.78 is 0. The largest absolute Gasteiger partial charge is 0.330 e. The zero-order valence-electron chi connectivity index (χ0n) is 18.5. The molecule has 5 nitrogen and oxygen atoms in total. The number of carbonyl (C=O) groups excluding carboxylic acids is 1. The van der Waals surface area contributed by atoms with Gasteiger partial charge in [-0.2, -0.15) is 0 Å². The van der Waals surface area contributed by atoms with Crippen LogP contribution in [0.2, 0.25) is 0 Å². The number of carbonyl (C=O) groups is 1. The van der Waals surface area contributed by atoms with Crippen LogP contribution in [-0.4, -0.2) is 45.3 Å². The van der Waals surface area contributed by atoms with E-state index in [1.807, 2.05) is 65.7 Å². The predicted molar refractivity (Wildman–Crippen MR) is 126 cm³/mol. The van der Waals surface area contributed by atoms with Crippen LogP contribution in [0.4, 0.5) is 0 Å². The summed E-state index contributed by atoms with van der Waals surface area (Å²) in [7, 11) is 0. The Hall–Kier alpha value is -3.05. The Morgan fingerprint density at radius 1 is 0.875 bits per heavy atom. The summed E-state index contributed by atoms with van der Waals surface area (Å²) in [6, 6.07) is 20.1. The number of hydrogen-bond donors (Lipinski definition) is 0. The molecular weight excluding hydrogens is 396 g/mol. The molecule has 3 heterocycles. The first-order chi connectivity index (χ1) is 15.8. The highest BCUT2D eigenvalue weighted by atomic mass is 16.2. The summed E-state index contributed by atoms with van der Waals surface area (Å²) in [4.78, 5) is 27.5. The number of rotatable bonds is 5. The number of benzene rings is 2. The van der Waals surface area contributed by atoms with E-state index in [2.05, 4.69) is 16.0 Å². The second-order valence-electron chi connectivity index (χ2n) is 8.82. The van der Waals surface area contributed by atoms with Gasteiger partial charge in [0.2, 0.25) is 0 Å². The van der Waals surface area contributed by atoms with Crippen LogP contribution in [0.25, 0.3) is 11.4 Å². The molecule has 2 saturated heterocycles. The van der Waals surface area contributed by atoms with Gasteiger partial charge < -0.3 is 4.90 Å². The molecule has 2 fully saturated rings. The molecular formula is C27H30N4O. The van der Waals surface area contributed by atoms with Crippen molar-refractivity contribution in [2.45, 2.75) is 44.7 Å². The third-order valence-corrected chi connectivity index (χ3v) is 6.65.